The van der Waals surface area contributed by atoms with Gasteiger partial charge in [-0.2, -0.15) is 9.59 Å². The third-order valence-electron chi connectivity index (χ3n) is 4.58. The van der Waals surface area contributed by atoms with Crippen molar-refractivity contribution in [2.75, 3.05) is 6.54 Å². The van der Waals surface area contributed by atoms with Gasteiger partial charge in [0.05, 0.1) is 4.92 Å². The zero-order chi connectivity index (χ0) is 22.0. The fourth-order valence-electron chi connectivity index (χ4n) is 3.13. The van der Waals surface area contributed by atoms with Crippen LogP contribution >= 0.6 is 0 Å². The van der Waals surface area contributed by atoms with Gasteiger partial charge in [-0.25, -0.2) is 0 Å². The summed E-state index contributed by atoms with van der Waals surface area (Å²) in [5, 5.41) is 10.7. The molecule has 0 N–H and O–H groups in total. The van der Waals surface area contributed by atoms with E-state index in [0.717, 1.165) is 12.0 Å². The van der Waals surface area contributed by atoms with Crippen LogP contribution in [0.3, 0.4) is 0 Å². The fourth-order valence-corrected chi connectivity index (χ4v) is 3.13. The zero-order valence-corrected chi connectivity index (χ0v) is 18.1. The van der Waals surface area contributed by atoms with E-state index in [1.807, 2.05) is 0 Å². The molecular formula is C21H31N2O6+. The summed E-state index contributed by atoms with van der Waals surface area (Å²) in [7, 11) is 0. The van der Waals surface area contributed by atoms with Crippen LogP contribution in [-0.4, -0.2) is 45.4 Å². The van der Waals surface area contributed by atoms with Gasteiger partial charge in [-0.3, -0.25) is 10.1 Å². The standard InChI is InChI=1S/C21H31N2O6/c1-20(2,3)28-18(24)23(19(25)29-21(4,5)6)14-17(23)9-7-8-15-10-12-16(13-11-15)22(26)27/h10-13,17H,7-9,14H2,1-6H3/q+1. The molecule has 160 valence electrons. The van der Waals surface area contributed by atoms with Gasteiger partial charge in [-0.1, -0.05) is 12.1 Å². The maximum absolute atomic E-state index is 12.8. The molecule has 1 atom stereocenters. The van der Waals surface area contributed by atoms with E-state index in [0.29, 0.717) is 19.4 Å². The lowest BCUT2D eigenvalue weighted by Crippen LogP contribution is -2.47. The molecule has 1 aromatic rings. The SMILES string of the molecule is CC(C)(C)OC(=O)[N+]1(C(=O)OC(C)(C)C)CC1CCCc1ccc([N+](=O)[O-])cc1. The summed E-state index contributed by atoms with van der Waals surface area (Å²) in [5.41, 5.74) is -0.364. The highest BCUT2D eigenvalue weighted by Gasteiger charge is 2.70. The van der Waals surface area contributed by atoms with E-state index in [9.17, 15) is 19.7 Å². The lowest BCUT2D eigenvalue weighted by Gasteiger charge is -2.25. The Bertz CT molecular complexity index is 746. The number of amides is 2. The first kappa shape index (κ1) is 22.8. The van der Waals surface area contributed by atoms with Crippen molar-refractivity contribution in [1.29, 1.82) is 0 Å². The molecule has 8 heteroatoms. The predicted molar refractivity (Wildman–Crippen MR) is 107 cm³/mol. The highest BCUT2D eigenvalue weighted by Crippen LogP contribution is 2.39. The largest absolute Gasteiger partial charge is 0.527 e. The maximum atomic E-state index is 12.8. The van der Waals surface area contributed by atoms with Crippen molar-refractivity contribution in [3.8, 4) is 0 Å². The molecule has 1 unspecified atom stereocenters. The average Bonchev–Trinajstić information content (AvgIpc) is 3.28. The number of rotatable bonds is 5. The third kappa shape index (κ3) is 6.00. The molecule has 1 aliphatic heterocycles. The van der Waals surface area contributed by atoms with Crippen LogP contribution in [-0.2, 0) is 15.9 Å². The van der Waals surface area contributed by atoms with Crippen molar-refractivity contribution >= 4 is 17.9 Å². The second-order valence-electron chi connectivity index (χ2n) is 9.48. The molecule has 0 saturated carbocycles. The number of benzene rings is 1. The molecule has 29 heavy (non-hydrogen) atoms. The van der Waals surface area contributed by atoms with E-state index in [-0.39, 0.29) is 11.7 Å². The Labute approximate surface area is 171 Å². The molecule has 0 aromatic heterocycles. The van der Waals surface area contributed by atoms with E-state index in [1.165, 1.54) is 12.1 Å². The van der Waals surface area contributed by atoms with Gasteiger partial charge in [0.1, 0.15) is 11.2 Å². The molecule has 0 radical (unpaired) electrons. The predicted octanol–water partition coefficient (Wildman–Crippen LogP) is 4.99. The lowest BCUT2D eigenvalue weighted by atomic mass is 10.1. The summed E-state index contributed by atoms with van der Waals surface area (Å²) in [6, 6.07) is 6.24. The summed E-state index contributed by atoms with van der Waals surface area (Å²) in [6.07, 6.45) is 0.944. The lowest BCUT2D eigenvalue weighted by molar-refractivity contribution is -0.663. The molecular weight excluding hydrogens is 376 g/mol. The molecule has 0 aliphatic carbocycles. The Morgan fingerprint density at radius 1 is 1.03 bits per heavy atom. The molecule has 1 aliphatic rings. The fraction of sp³-hybridized carbons (Fsp3) is 0.619. The number of ether oxygens (including phenoxy) is 2. The summed E-state index contributed by atoms with van der Waals surface area (Å²) >= 11 is 0. The number of nitro benzene ring substituents is 1. The van der Waals surface area contributed by atoms with E-state index in [1.54, 1.807) is 53.7 Å². The first-order valence-electron chi connectivity index (χ1n) is 9.83. The Hall–Kier alpha value is -2.48. The van der Waals surface area contributed by atoms with E-state index < -0.39 is 32.8 Å². The van der Waals surface area contributed by atoms with Crippen molar-refractivity contribution in [2.45, 2.75) is 78.0 Å². The summed E-state index contributed by atoms with van der Waals surface area (Å²) in [6.45, 7) is 11.0. The van der Waals surface area contributed by atoms with Gasteiger partial charge in [-0.15, -0.1) is 4.48 Å². The van der Waals surface area contributed by atoms with Crippen LogP contribution in [0, 0.1) is 10.1 Å². The number of imide groups is 1. The number of nitro groups is 1. The van der Waals surface area contributed by atoms with Gasteiger partial charge in [-0.05, 0) is 59.9 Å². The van der Waals surface area contributed by atoms with Gasteiger partial charge < -0.3 is 9.47 Å². The van der Waals surface area contributed by atoms with Gasteiger partial charge >= 0.3 is 12.2 Å². The highest BCUT2D eigenvalue weighted by molar-refractivity contribution is 5.79. The van der Waals surface area contributed by atoms with Crippen LogP contribution < -0.4 is 0 Å². The molecule has 0 spiro atoms. The first-order chi connectivity index (χ1) is 13.2. The maximum Gasteiger partial charge on any atom is 0.527 e. The van der Waals surface area contributed by atoms with Crippen LogP contribution in [0.4, 0.5) is 15.3 Å². The van der Waals surface area contributed by atoms with Gasteiger partial charge in [0.15, 0.2) is 12.6 Å². The number of aryl methyl sites for hydroxylation is 1. The molecule has 1 saturated heterocycles. The number of hydrogen-bond donors (Lipinski definition) is 0. The Balaban J connectivity index is 2.02. The molecule has 2 rings (SSSR count). The van der Waals surface area contributed by atoms with Crippen LogP contribution in [0.2, 0.25) is 0 Å². The zero-order valence-electron chi connectivity index (χ0n) is 18.1. The monoisotopic (exact) mass is 407 g/mol. The number of quaternary nitrogens is 1. The topological polar surface area (TPSA) is 95.7 Å². The first-order valence-corrected chi connectivity index (χ1v) is 9.83. The number of carbonyl (C=O) groups excluding carboxylic acids is 2. The Morgan fingerprint density at radius 2 is 1.52 bits per heavy atom. The second-order valence-corrected chi connectivity index (χ2v) is 9.48. The summed E-state index contributed by atoms with van der Waals surface area (Å²) in [4.78, 5) is 35.9. The van der Waals surface area contributed by atoms with Crippen LogP contribution in [0.1, 0.15) is 59.9 Å². The van der Waals surface area contributed by atoms with Crippen molar-refractivity contribution in [2.24, 2.45) is 0 Å². The van der Waals surface area contributed by atoms with Gasteiger partial charge in [0, 0.05) is 18.6 Å². The molecule has 8 nitrogen and oxygen atoms in total. The molecule has 1 aromatic carbocycles. The smallest absolute Gasteiger partial charge is 0.414 e. The van der Waals surface area contributed by atoms with Crippen molar-refractivity contribution in [3.63, 3.8) is 0 Å². The number of nitrogens with zero attached hydrogens (tertiary/aromatic N) is 2. The van der Waals surface area contributed by atoms with Crippen LogP contribution in [0.25, 0.3) is 0 Å². The Kier molecular flexibility index (Phi) is 6.37. The van der Waals surface area contributed by atoms with Crippen molar-refractivity contribution in [1.82, 2.24) is 0 Å². The number of non-ortho nitro benzene ring substituents is 1. The van der Waals surface area contributed by atoms with Crippen LogP contribution in [0.5, 0.6) is 0 Å². The van der Waals surface area contributed by atoms with Crippen molar-refractivity contribution < 1.29 is 28.5 Å². The minimum Gasteiger partial charge on any atom is -0.414 e. The average molecular weight is 407 g/mol. The van der Waals surface area contributed by atoms with Gasteiger partial charge in [0.2, 0.25) is 0 Å². The molecule has 1 heterocycles. The number of carbonyl (C=O) groups is 2. The number of hydrogen-bond acceptors (Lipinski definition) is 6. The van der Waals surface area contributed by atoms with Gasteiger partial charge in [0.25, 0.3) is 5.69 Å². The van der Waals surface area contributed by atoms with E-state index in [2.05, 4.69) is 0 Å². The minimum atomic E-state index is -0.698. The normalized spacial score (nSPS) is 18.1. The summed E-state index contributed by atoms with van der Waals surface area (Å²) < 4.78 is 10.6. The van der Waals surface area contributed by atoms with E-state index in [4.69, 9.17) is 9.47 Å². The second kappa shape index (κ2) is 8.10. The molecule has 2 amide bonds. The third-order valence-corrected chi connectivity index (χ3v) is 4.58. The molecule has 0 bridgehead atoms. The summed E-state index contributed by atoms with van der Waals surface area (Å²) in [5.74, 6) is 0. The molecule has 1 fully saturated rings. The quantitative estimate of drug-likeness (QED) is 0.295. The highest BCUT2D eigenvalue weighted by atomic mass is 16.6. The van der Waals surface area contributed by atoms with Crippen LogP contribution in [0.15, 0.2) is 24.3 Å². The van der Waals surface area contributed by atoms with E-state index >= 15 is 0 Å². The Morgan fingerprint density at radius 3 is 1.93 bits per heavy atom. The van der Waals surface area contributed by atoms with Crippen molar-refractivity contribution in [3.05, 3.63) is 39.9 Å². The minimum absolute atomic E-state index is 0.0569.